The molecule has 1 heterocycles. The lowest BCUT2D eigenvalue weighted by atomic mass is 10.0. The van der Waals surface area contributed by atoms with Crippen molar-refractivity contribution in [2.75, 3.05) is 26.7 Å². The first kappa shape index (κ1) is 16.7. The van der Waals surface area contributed by atoms with Crippen LogP contribution in [0.2, 0.25) is 0 Å². The molecule has 122 valence electrons. The quantitative estimate of drug-likeness (QED) is 0.822. The molecule has 1 amide bonds. The zero-order chi connectivity index (χ0) is 15.9. The van der Waals surface area contributed by atoms with Gasteiger partial charge in [0.1, 0.15) is 11.6 Å². The molecule has 1 aliphatic rings. The summed E-state index contributed by atoms with van der Waals surface area (Å²) in [6, 6.07) is 4.60. The van der Waals surface area contributed by atoms with Crippen LogP contribution in [-0.2, 0) is 0 Å². The Bertz CT molecular complexity index is 507. The number of amides is 1. The van der Waals surface area contributed by atoms with Crippen LogP contribution in [-0.4, -0.2) is 43.6 Å². The molecule has 1 N–H and O–H groups in total. The van der Waals surface area contributed by atoms with E-state index in [9.17, 15) is 9.18 Å². The highest BCUT2D eigenvalue weighted by Gasteiger charge is 2.17. The molecule has 0 radical (unpaired) electrons. The maximum atomic E-state index is 13.3. The standard InChI is InChI=1S/C17H25FN2O2/c1-13-6-3-4-10-20(13)11-5-9-19-17(21)15-12-14(18)7-8-16(15)22-2/h7-8,12-13H,3-6,9-11H2,1-2H3,(H,19,21). The van der Waals surface area contributed by atoms with Gasteiger partial charge in [-0.25, -0.2) is 4.39 Å². The predicted molar refractivity (Wildman–Crippen MR) is 84.8 cm³/mol. The summed E-state index contributed by atoms with van der Waals surface area (Å²) >= 11 is 0. The molecule has 0 aromatic heterocycles. The summed E-state index contributed by atoms with van der Waals surface area (Å²) in [6.45, 7) is 4.98. The molecular formula is C17H25FN2O2. The smallest absolute Gasteiger partial charge is 0.255 e. The summed E-state index contributed by atoms with van der Waals surface area (Å²) in [5.41, 5.74) is 0.244. The molecule has 1 saturated heterocycles. The van der Waals surface area contributed by atoms with Crippen molar-refractivity contribution in [1.82, 2.24) is 10.2 Å². The average molecular weight is 308 g/mol. The summed E-state index contributed by atoms with van der Waals surface area (Å²) < 4.78 is 18.4. The molecule has 1 atom stereocenters. The minimum atomic E-state index is -0.437. The van der Waals surface area contributed by atoms with Crippen molar-refractivity contribution in [3.05, 3.63) is 29.6 Å². The molecule has 5 heteroatoms. The van der Waals surface area contributed by atoms with E-state index in [4.69, 9.17) is 4.74 Å². The van der Waals surface area contributed by atoms with Gasteiger partial charge in [0, 0.05) is 19.1 Å². The molecule has 1 unspecified atom stereocenters. The van der Waals surface area contributed by atoms with Gasteiger partial charge in [-0.2, -0.15) is 0 Å². The first-order valence-corrected chi connectivity index (χ1v) is 7.97. The third kappa shape index (κ3) is 4.44. The monoisotopic (exact) mass is 308 g/mol. The predicted octanol–water partition coefficient (Wildman–Crippen LogP) is 2.83. The molecule has 0 spiro atoms. The SMILES string of the molecule is COc1ccc(F)cc1C(=O)NCCCN1CCCCC1C. The van der Waals surface area contributed by atoms with Gasteiger partial charge in [-0.1, -0.05) is 6.42 Å². The number of nitrogens with zero attached hydrogens (tertiary/aromatic N) is 1. The number of hydrogen-bond donors (Lipinski definition) is 1. The number of hydrogen-bond acceptors (Lipinski definition) is 3. The number of halogens is 1. The fraction of sp³-hybridized carbons (Fsp3) is 0.588. The molecule has 0 aliphatic carbocycles. The summed E-state index contributed by atoms with van der Waals surface area (Å²) in [4.78, 5) is 14.6. The summed E-state index contributed by atoms with van der Waals surface area (Å²) in [5.74, 6) is -0.334. The molecule has 0 saturated carbocycles. The molecular weight excluding hydrogens is 283 g/mol. The Balaban J connectivity index is 1.79. The fourth-order valence-corrected chi connectivity index (χ4v) is 2.93. The molecule has 1 aliphatic heterocycles. The number of rotatable bonds is 6. The second-order valence-electron chi connectivity index (χ2n) is 5.83. The Hall–Kier alpha value is -1.62. The zero-order valence-electron chi connectivity index (χ0n) is 13.4. The van der Waals surface area contributed by atoms with E-state index in [1.54, 1.807) is 0 Å². The number of carbonyl (C=O) groups excluding carboxylic acids is 1. The van der Waals surface area contributed by atoms with Crippen molar-refractivity contribution in [2.24, 2.45) is 0 Å². The van der Waals surface area contributed by atoms with Crippen molar-refractivity contribution < 1.29 is 13.9 Å². The highest BCUT2D eigenvalue weighted by atomic mass is 19.1. The van der Waals surface area contributed by atoms with Gasteiger partial charge >= 0.3 is 0 Å². The van der Waals surface area contributed by atoms with Crippen molar-refractivity contribution in [2.45, 2.75) is 38.6 Å². The number of benzene rings is 1. The fourth-order valence-electron chi connectivity index (χ4n) is 2.93. The van der Waals surface area contributed by atoms with E-state index in [0.717, 1.165) is 19.5 Å². The summed E-state index contributed by atoms with van der Waals surface area (Å²) in [5, 5.41) is 2.84. The van der Waals surface area contributed by atoms with Gasteiger partial charge in [0.05, 0.1) is 12.7 Å². The second kappa shape index (κ2) is 8.13. The molecule has 2 rings (SSSR count). The molecule has 4 nitrogen and oxygen atoms in total. The van der Waals surface area contributed by atoms with E-state index in [2.05, 4.69) is 17.1 Å². The van der Waals surface area contributed by atoms with Gasteiger partial charge in [-0.05, 0) is 50.9 Å². The van der Waals surface area contributed by atoms with E-state index in [-0.39, 0.29) is 11.5 Å². The average Bonchev–Trinajstić information content (AvgIpc) is 2.52. The maximum Gasteiger partial charge on any atom is 0.255 e. The largest absolute Gasteiger partial charge is 0.496 e. The normalized spacial score (nSPS) is 19.0. The van der Waals surface area contributed by atoms with Crippen LogP contribution < -0.4 is 10.1 Å². The van der Waals surface area contributed by atoms with E-state index in [1.165, 1.54) is 44.6 Å². The van der Waals surface area contributed by atoms with E-state index in [0.29, 0.717) is 18.3 Å². The molecule has 22 heavy (non-hydrogen) atoms. The van der Waals surface area contributed by atoms with E-state index < -0.39 is 5.82 Å². The second-order valence-corrected chi connectivity index (χ2v) is 5.83. The summed E-state index contributed by atoms with van der Waals surface area (Å²) in [6.07, 6.45) is 4.73. The van der Waals surface area contributed by atoms with Crippen LogP contribution in [0, 0.1) is 5.82 Å². The molecule has 0 bridgehead atoms. The van der Waals surface area contributed by atoms with Crippen LogP contribution in [0.3, 0.4) is 0 Å². The first-order chi connectivity index (χ1) is 10.6. The number of likely N-dealkylation sites (tertiary alicyclic amines) is 1. The lowest BCUT2D eigenvalue weighted by Crippen LogP contribution is -2.39. The van der Waals surface area contributed by atoms with E-state index >= 15 is 0 Å². The van der Waals surface area contributed by atoms with Crippen LogP contribution in [0.25, 0.3) is 0 Å². The van der Waals surface area contributed by atoms with Crippen molar-refractivity contribution >= 4 is 5.91 Å². The number of piperidine rings is 1. The van der Waals surface area contributed by atoms with E-state index in [1.807, 2.05) is 0 Å². The Morgan fingerprint density at radius 3 is 3.00 bits per heavy atom. The first-order valence-electron chi connectivity index (χ1n) is 7.97. The van der Waals surface area contributed by atoms with Gasteiger partial charge in [-0.15, -0.1) is 0 Å². The Morgan fingerprint density at radius 1 is 1.45 bits per heavy atom. The van der Waals surface area contributed by atoms with Gasteiger partial charge in [0.2, 0.25) is 0 Å². The molecule has 1 fully saturated rings. The van der Waals surface area contributed by atoms with Crippen LogP contribution >= 0.6 is 0 Å². The van der Waals surface area contributed by atoms with Crippen molar-refractivity contribution in [3.63, 3.8) is 0 Å². The van der Waals surface area contributed by atoms with Gasteiger partial charge in [0.15, 0.2) is 0 Å². The number of ether oxygens (including phenoxy) is 1. The minimum absolute atomic E-state index is 0.244. The van der Waals surface area contributed by atoms with Crippen LogP contribution in [0.1, 0.15) is 43.0 Å². The number of carbonyl (C=O) groups is 1. The topological polar surface area (TPSA) is 41.6 Å². The third-order valence-corrected chi connectivity index (χ3v) is 4.25. The van der Waals surface area contributed by atoms with Crippen LogP contribution in [0.4, 0.5) is 4.39 Å². The lowest BCUT2D eigenvalue weighted by molar-refractivity contribution is 0.0945. The molecule has 1 aromatic carbocycles. The van der Waals surface area contributed by atoms with Crippen molar-refractivity contribution in [1.29, 1.82) is 0 Å². The highest BCUT2D eigenvalue weighted by Crippen LogP contribution is 2.19. The van der Waals surface area contributed by atoms with Crippen LogP contribution in [0.15, 0.2) is 18.2 Å². The van der Waals surface area contributed by atoms with Gasteiger partial charge in [0.25, 0.3) is 5.91 Å². The zero-order valence-corrected chi connectivity index (χ0v) is 13.4. The van der Waals surface area contributed by atoms with Gasteiger partial charge < -0.3 is 15.0 Å². The number of nitrogens with one attached hydrogen (secondary N) is 1. The lowest BCUT2D eigenvalue weighted by Gasteiger charge is -2.33. The van der Waals surface area contributed by atoms with Gasteiger partial charge in [-0.3, -0.25) is 4.79 Å². The molecule has 1 aromatic rings. The maximum absolute atomic E-state index is 13.3. The van der Waals surface area contributed by atoms with Crippen LogP contribution in [0.5, 0.6) is 5.75 Å². The summed E-state index contributed by atoms with van der Waals surface area (Å²) in [7, 11) is 1.47. The van der Waals surface area contributed by atoms with Crippen molar-refractivity contribution in [3.8, 4) is 5.75 Å². The Morgan fingerprint density at radius 2 is 2.27 bits per heavy atom. The minimum Gasteiger partial charge on any atom is -0.496 e. The third-order valence-electron chi connectivity index (χ3n) is 4.25. The highest BCUT2D eigenvalue weighted by molar-refractivity contribution is 5.96. The Labute approximate surface area is 131 Å². The number of methoxy groups -OCH3 is 1. The Kier molecular flexibility index (Phi) is 6.19.